The van der Waals surface area contributed by atoms with Gasteiger partial charge in [-0.25, -0.2) is 4.79 Å². The minimum atomic E-state index is -2.51. The molecule has 2 aromatic carbocycles. The van der Waals surface area contributed by atoms with Gasteiger partial charge in [0.15, 0.2) is 0 Å². The molecule has 0 spiro atoms. The van der Waals surface area contributed by atoms with E-state index in [9.17, 15) is 14.2 Å². The summed E-state index contributed by atoms with van der Waals surface area (Å²) in [6, 6.07) is 6.83. The van der Waals surface area contributed by atoms with Crippen molar-refractivity contribution in [2.24, 2.45) is 0 Å². The van der Waals surface area contributed by atoms with Crippen LogP contribution in [0.25, 0.3) is 0 Å². The Balaban J connectivity index is 2.45. The molecule has 0 aliphatic carbocycles. The van der Waals surface area contributed by atoms with Gasteiger partial charge in [0, 0.05) is 12.1 Å². The highest BCUT2D eigenvalue weighted by Crippen LogP contribution is 2.41. The summed E-state index contributed by atoms with van der Waals surface area (Å²) in [5.74, 6) is 0.431. The lowest BCUT2D eigenvalue weighted by Crippen LogP contribution is -2.19. The Morgan fingerprint density at radius 2 is 1.31 bits per heavy atom. The third-order valence-electron chi connectivity index (χ3n) is 4.78. The molecule has 2 rings (SSSR count). The average molecular weight is 417 g/mol. The van der Waals surface area contributed by atoms with Gasteiger partial charge < -0.3 is 14.2 Å². The third kappa shape index (κ3) is 4.48. The average Bonchev–Trinajstić information content (AvgIpc) is 2.69. The molecule has 0 aliphatic rings. The molecule has 0 saturated heterocycles. The molecule has 0 heterocycles. The second-order valence-electron chi connectivity index (χ2n) is 6.85. The number of ether oxygens (including phenoxy) is 3. The van der Waals surface area contributed by atoms with Crippen molar-refractivity contribution < 1.29 is 28.4 Å². The minimum Gasteiger partial charge on any atom is -0.496 e. The van der Waals surface area contributed by atoms with Crippen molar-refractivity contribution in [2.45, 2.75) is 33.4 Å². The molecule has 154 valence electrons. The van der Waals surface area contributed by atoms with E-state index in [4.69, 9.17) is 14.2 Å². The van der Waals surface area contributed by atoms with Gasteiger partial charge in [0.2, 0.25) is 11.4 Å². The van der Waals surface area contributed by atoms with E-state index in [1.165, 1.54) is 28.3 Å². The smallest absolute Gasteiger partial charge is 0.431 e. The molecule has 2 unspecified atom stereocenters. The van der Waals surface area contributed by atoms with E-state index in [2.05, 4.69) is 0 Å². The highest BCUT2D eigenvalue weighted by molar-refractivity contribution is 7.66. The Morgan fingerprint density at radius 1 is 0.828 bits per heavy atom. The van der Waals surface area contributed by atoms with Gasteiger partial charge in [0.25, 0.3) is 0 Å². The summed E-state index contributed by atoms with van der Waals surface area (Å²) in [4.78, 5) is 26.1. The van der Waals surface area contributed by atoms with Crippen LogP contribution in [0, 0.1) is 20.8 Å². The zero-order valence-electron chi connectivity index (χ0n) is 17.8. The molecular weight excluding hydrogens is 391 g/mol. The van der Waals surface area contributed by atoms with E-state index in [1.54, 1.807) is 26.0 Å². The summed E-state index contributed by atoms with van der Waals surface area (Å²) >= 11 is 0. The Labute approximate surface area is 172 Å². The van der Waals surface area contributed by atoms with Crippen LogP contribution in [0.3, 0.4) is 0 Å². The SMILES string of the molecule is COc1cc(OC)c(C(=O)C(C)[P+](=O)C(=O)c2c(C)cc(C)cc2C)c(OC)c1. The highest BCUT2D eigenvalue weighted by Gasteiger charge is 2.44. The number of rotatable bonds is 8. The molecule has 2 aromatic rings. The highest BCUT2D eigenvalue weighted by atomic mass is 31.1. The van der Waals surface area contributed by atoms with Gasteiger partial charge in [-0.2, -0.15) is 0 Å². The van der Waals surface area contributed by atoms with Crippen molar-refractivity contribution in [3.05, 3.63) is 52.1 Å². The normalized spacial score (nSPS) is 12.2. The molecule has 2 atom stereocenters. The number of Topliss-reactive ketones (excluding diaryl/α,β-unsaturated/α-hetero) is 1. The lowest BCUT2D eigenvalue weighted by Gasteiger charge is -2.14. The first-order chi connectivity index (χ1) is 13.7. The number of hydrogen-bond acceptors (Lipinski definition) is 6. The lowest BCUT2D eigenvalue weighted by atomic mass is 10.0. The molecular formula is C22H26O6P+. The molecule has 0 aromatic heterocycles. The van der Waals surface area contributed by atoms with Crippen LogP contribution in [0.15, 0.2) is 24.3 Å². The zero-order valence-corrected chi connectivity index (χ0v) is 18.7. The van der Waals surface area contributed by atoms with Gasteiger partial charge >= 0.3 is 13.3 Å². The second kappa shape index (κ2) is 9.19. The van der Waals surface area contributed by atoms with Gasteiger partial charge in [-0.3, -0.25) is 4.79 Å². The maximum Gasteiger partial charge on any atom is 0.431 e. The van der Waals surface area contributed by atoms with Crippen molar-refractivity contribution in [3.63, 3.8) is 0 Å². The maximum atomic E-state index is 13.2. The Hall–Kier alpha value is -2.72. The number of hydrogen-bond donors (Lipinski definition) is 0. The molecule has 6 nitrogen and oxygen atoms in total. The summed E-state index contributed by atoms with van der Waals surface area (Å²) in [5.41, 5.74) is 1.48. The second-order valence-corrected chi connectivity index (χ2v) is 8.68. The Bertz CT molecular complexity index is 931. The van der Waals surface area contributed by atoms with Crippen LogP contribution >= 0.6 is 7.80 Å². The fourth-order valence-electron chi connectivity index (χ4n) is 3.37. The predicted molar refractivity (Wildman–Crippen MR) is 112 cm³/mol. The van der Waals surface area contributed by atoms with Crippen molar-refractivity contribution >= 4 is 19.1 Å². The summed E-state index contributed by atoms with van der Waals surface area (Å²) in [7, 11) is 1.81. The molecule has 0 N–H and O–H groups in total. The summed E-state index contributed by atoms with van der Waals surface area (Å²) in [6.45, 7) is 7.03. The fourth-order valence-corrected chi connectivity index (χ4v) is 4.63. The fraction of sp³-hybridized carbons (Fsp3) is 0.364. The lowest BCUT2D eigenvalue weighted by molar-refractivity contribution is 0.0976. The standard InChI is InChI=1S/C22H26O6P/c1-12-8-13(2)19(14(3)9-12)22(24)29(25)15(4)21(23)20-17(27-6)10-16(26-5)11-18(20)28-7/h8-11,15H,1-7H3/q+1. The van der Waals surface area contributed by atoms with Crippen molar-refractivity contribution in [3.8, 4) is 17.2 Å². The molecule has 0 saturated carbocycles. The van der Waals surface area contributed by atoms with Gasteiger partial charge in [0.1, 0.15) is 22.8 Å². The first kappa shape index (κ1) is 22.6. The quantitative estimate of drug-likeness (QED) is 0.450. The van der Waals surface area contributed by atoms with Gasteiger partial charge in [0.05, 0.1) is 26.9 Å². The number of carbonyl (C=O) groups excluding carboxylic acids is 2. The topological polar surface area (TPSA) is 78.9 Å². The molecule has 29 heavy (non-hydrogen) atoms. The molecule has 7 heteroatoms. The first-order valence-electron chi connectivity index (χ1n) is 9.09. The number of carbonyl (C=O) groups is 2. The van der Waals surface area contributed by atoms with Crippen LogP contribution < -0.4 is 14.2 Å². The van der Waals surface area contributed by atoms with Crippen LogP contribution in [0.2, 0.25) is 0 Å². The molecule has 0 amide bonds. The van der Waals surface area contributed by atoms with Crippen LogP contribution in [0.1, 0.15) is 44.3 Å². The van der Waals surface area contributed by atoms with E-state index >= 15 is 0 Å². The third-order valence-corrected chi connectivity index (χ3v) is 6.35. The van der Waals surface area contributed by atoms with Crippen LogP contribution in [0.5, 0.6) is 17.2 Å². The van der Waals surface area contributed by atoms with E-state index in [1.807, 2.05) is 19.1 Å². The summed E-state index contributed by atoms with van der Waals surface area (Å²) in [5, 5.41) is 0. The molecule has 0 radical (unpaired) electrons. The monoisotopic (exact) mass is 417 g/mol. The molecule has 0 aliphatic heterocycles. The van der Waals surface area contributed by atoms with E-state index in [0.29, 0.717) is 11.3 Å². The minimum absolute atomic E-state index is 0.136. The van der Waals surface area contributed by atoms with Crippen LogP contribution in [0.4, 0.5) is 0 Å². The first-order valence-corrected chi connectivity index (χ1v) is 10.4. The van der Waals surface area contributed by atoms with Gasteiger partial charge in [-0.1, -0.05) is 22.3 Å². The number of benzene rings is 2. The molecule has 0 fully saturated rings. The Kier molecular flexibility index (Phi) is 7.15. The number of aryl methyl sites for hydroxylation is 3. The van der Waals surface area contributed by atoms with Gasteiger partial charge in [-0.05, 0) is 38.8 Å². The predicted octanol–water partition coefficient (Wildman–Crippen LogP) is 4.88. The largest absolute Gasteiger partial charge is 0.496 e. The zero-order chi connectivity index (χ0) is 21.9. The van der Waals surface area contributed by atoms with Crippen LogP contribution in [-0.2, 0) is 4.57 Å². The van der Waals surface area contributed by atoms with E-state index in [-0.39, 0.29) is 17.1 Å². The summed E-state index contributed by atoms with van der Waals surface area (Å²) < 4.78 is 28.9. The van der Waals surface area contributed by atoms with Crippen molar-refractivity contribution in [2.75, 3.05) is 21.3 Å². The number of ketones is 1. The molecule has 0 bridgehead atoms. The Morgan fingerprint density at radius 3 is 1.72 bits per heavy atom. The van der Waals surface area contributed by atoms with E-state index in [0.717, 1.165) is 16.7 Å². The summed E-state index contributed by atoms with van der Waals surface area (Å²) in [6.07, 6.45) is 0. The van der Waals surface area contributed by atoms with Gasteiger partial charge in [-0.15, -0.1) is 0 Å². The maximum absolute atomic E-state index is 13.2. The van der Waals surface area contributed by atoms with E-state index < -0.39 is 24.8 Å². The van der Waals surface area contributed by atoms with Crippen LogP contribution in [-0.4, -0.2) is 38.3 Å². The number of methoxy groups -OCH3 is 3. The van der Waals surface area contributed by atoms with Crippen molar-refractivity contribution in [1.29, 1.82) is 0 Å². The van der Waals surface area contributed by atoms with Crippen molar-refractivity contribution in [1.82, 2.24) is 0 Å².